The molecular formula is C26H34N2O3. The topological polar surface area (TPSA) is 67.4 Å². The fourth-order valence-electron chi connectivity index (χ4n) is 3.83. The third-order valence-corrected chi connectivity index (χ3v) is 5.77. The van der Waals surface area contributed by atoms with Gasteiger partial charge >= 0.3 is 0 Å². The first kappa shape index (κ1) is 22.9. The zero-order chi connectivity index (χ0) is 22.4. The van der Waals surface area contributed by atoms with Crippen LogP contribution in [0, 0.1) is 0 Å². The second-order valence-electron chi connectivity index (χ2n) is 9.38. The highest BCUT2D eigenvalue weighted by molar-refractivity contribution is 6.04. The minimum absolute atomic E-state index is 0.0590. The van der Waals surface area contributed by atoms with Crippen molar-refractivity contribution in [3.63, 3.8) is 0 Å². The minimum Gasteiger partial charge on any atom is -0.481 e. The van der Waals surface area contributed by atoms with Crippen LogP contribution < -0.4 is 15.4 Å². The van der Waals surface area contributed by atoms with Gasteiger partial charge in [-0.25, -0.2) is 0 Å². The lowest BCUT2D eigenvalue weighted by atomic mass is 9.87. The monoisotopic (exact) mass is 422 g/mol. The van der Waals surface area contributed by atoms with Crippen molar-refractivity contribution in [2.45, 2.75) is 77.4 Å². The van der Waals surface area contributed by atoms with Crippen LogP contribution in [0.1, 0.15) is 75.7 Å². The lowest BCUT2D eigenvalue weighted by Crippen LogP contribution is -2.37. The van der Waals surface area contributed by atoms with E-state index >= 15 is 0 Å². The van der Waals surface area contributed by atoms with Gasteiger partial charge in [0, 0.05) is 6.04 Å². The molecule has 2 amide bonds. The minimum atomic E-state index is -0.699. The maximum atomic E-state index is 12.8. The summed E-state index contributed by atoms with van der Waals surface area (Å²) in [4.78, 5) is 25.5. The summed E-state index contributed by atoms with van der Waals surface area (Å²) in [6.45, 7) is 8.17. The van der Waals surface area contributed by atoms with Crippen LogP contribution in [0.15, 0.2) is 48.5 Å². The first-order valence-corrected chi connectivity index (χ1v) is 11.2. The Morgan fingerprint density at radius 3 is 2.26 bits per heavy atom. The van der Waals surface area contributed by atoms with Crippen LogP contribution in [-0.4, -0.2) is 24.0 Å². The molecule has 0 spiro atoms. The summed E-state index contributed by atoms with van der Waals surface area (Å²) in [7, 11) is 0. The number of hydrogen-bond donors (Lipinski definition) is 2. The van der Waals surface area contributed by atoms with Gasteiger partial charge in [-0.15, -0.1) is 0 Å². The number of ether oxygens (including phenoxy) is 1. The van der Waals surface area contributed by atoms with Gasteiger partial charge in [-0.05, 0) is 55.0 Å². The SMILES string of the molecule is C[C@H](Oc1ccc(C(C)(C)C)cc1)C(=O)Nc1ccccc1C(=O)NC1CCCCC1. The van der Waals surface area contributed by atoms with E-state index in [1.807, 2.05) is 36.4 Å². The molecule has 5 heteroatoms. The highest BCUT2D eigenvalue weighted by atomic mass is 16.5. The average Bonchev–Trinajstić information content (AvgIpc) is 2.74. The average molecular weight is 423 g/mol. The molecule has 0 radical (unpaired) electrons. The molecule has 31 heavy (non-hydrogen) atoms. The lowest BCUT2D eigenvalue weighted by Gasteiger charge is -2.23. The molecule has 2 N–H and O–H groups in total. The first-order valence-electron chi connectivity index (χ1n) is 11.2. The number of rotatable bonds is 6. The number of hydrogen-bond acceptors (Lipinski definition) is 3. The Kier molecular flexibility index (Phi) is 7.37. The molecular weight excluding hydrogens is 388 g/mol. The number of anilines is 1. The van der Waals surface area contributed by atoms with Crippen molar-refractivity contribution < 1.29 is 14.3 Å². The third kappa shape index (κ3) is 6.33. The fraction of sp³-hybridized carbons (Fsp3) is 0.462. The van der Waals surface area contributed by atoms with Crippen LogP contribution in [0.3, 0.4) is 0 Å². The summed E-state index contributed by atoms with van der Waals surface area (Å²) in [6.07, 6.45) is 4.85. The molecule has 0 aromatic heterocycles. The van der Waals surface area contributed by atoms with E-state index in [4.69, 9.17) is 4.74 Å². The largest absolute Gasteiger partial charge is 0.481 e. The Labute approximate surface area is 185 Å². The molecule has 0 heterocycles. The second-order valence-corrected chi connectivity index (χ2v) is 9.38. The molecule has 5 nitrogen and oxygen atoms in total. The molecule has 0 aliphatic heterocycles. The molecule has 1 aliphatic rings. The van der Waals surface area contributed by atoms with Crippen LogP contribution in [0.5, 0.6) is 5.75 Å². The summed E-state index contributed by atoms with van der Waals surface area (Å²) < 4.78 is 5.83. The molecule has 0 saturated heterocycles. The fourth-order valence-corrected chi connectivity index (χ4v) is 3.83. The predicted octanol–water partition coefficient (Wildman–Crippen LogP) is 5.45. The van der Waals surface area contributed by atoms with Crippen LogP contribution >= 0.6 is 0 Å². The number of carbonyl (C=O) groups excluding carboxylic acids is 2. The van der Waals surface area contributed by atoms with Gasteiger partial charge in [0.1, 0.15) is 5.75 Å². The first-order chi connectivity index (χ1) is 14.7. The standard InChI is InChI=1S/C26H34N2O3/c1-18(31-21-16-14-19(15-17-21)26(2,3)4)24(29)28-23-13-9-8-12-22(23)25(30)27-20-10-6-5-7-11-20/h8-9,12-18,20H,5-7,10-11H2,1-4H3,(H,27,30)(H,28,29)/t18-/m0/s1. The van der Waals surface area contributed by atoms with E-state index in [0.29, 0.717) is 17.0 Å². The van der Waals surface area contributed by atoms with Crippen LogP contribution in [0.2, 0.25) is 0 Å². The third-order valence-electron chi connectivity index (χ3n) is 5.77. The number of amides is 2. The Balaban J connectivity index is 1.62. The smallest absolute Gasteiger partial charge is 0.265 e. The van der Waals surface area contributed by atoms with Crippen LogP contribution in [-0.2, 0) is 10.2 Å². The Morgan fingerprint density at radius 2 is 1.61 bits per heavy atom. The maximum Gasteiger partial charge on any atom is 0.265 e. The molecule has 3 rings (SSSR count). The van der Waals surface area contributed by atoms with Gasteiger partial charge in [0.2, 0.25) is 0 Å². The summed E-state index contributed by atoms with van der Waals surface area (Å²) in [5.41, 5.74) is 2.24. The van der Waals surface area contributed by atoms with Gasteiger partial charge in [-0.3, -0.25) is 9.59 Å². The molecule has 1 saturated carbocycles. The van der Waals surface area contributed by atoms with Gasteiger partial charge < -0.3 is 15.4 Å². The quantitative estimate of drug-likeness (QED) is 0.650. The zero-order valence-electron chi connectivity index (χ0n) is 19.0. The van der Waals surface area contributed by atoms with E-state index in [2.05, 4.69) is 31.4 Å². The molecule has 2 aromatic carbocycles. The molecule has 0 unspecified atom stereocenters. The molecule has 2 aromatic rings. The van der Waals surface area contributed by atoms with Crippen molar-refractivity contribution >= 4 is 17.5 Å². The normalized spacial score (nSPS) is 15.7. The van der Waals surface area contributed by atoms with E-state index in [0.717, 1.165) is 25.7 Å². The number of carbonyl (C=O) groups is 2. The van der Waals surface area contributed by atoms with Crippen LogP contribution in [0.25, 0.3) is 0 Å². The van der Waals surface area contributed by atoms with Crippen molar-refractivity contribution in [3.05, 3.63) is 59.7 Å². The molecule has 1 aliphatic carbocycles. The highest BCUT2D eigenvalue weighted by Crippen LogP contribution is 2.25. The summed E-state index contributed by atoms with van der Waals surface area (Å²) in [6, 6.07) is 15.1. The summed E-state index contributed by atoms with van der Waals surface area (Å²) in [5, 5.41) is 5.97. The summed E-state index contributed by atoms with van der Waals surface area (Å²) >= 11 is 0. The second kappa shape index (κ2) is 9.99. The zero-order valence-corrected chi connectivity index (χ0v) is 19.0. The van der Waals surface area contributed by atoms with Crippen molar-refractivity contribution in [1.29, 1.82) is 0 Å². The van der Waals surface area contributed by atoms with E-state index in [1.54, 1.807) is 19.1 Å². The number of benzene rings is 2. The van der Waals surface area contributed by atoms with Crippen molar-refractivity contribution in [2.75, 3.05) is 5.32 Å². The predicted molar refractivity (Wildman–Crippen MR) is 125 cm³/mol. The van der Waals surface area contributed by atoms with E-state index in [-0.39, 0.29) is 23.3 Å². The van der Waals surface area contributed by atoms with Gasteiger partial charge in [0.25, 0.3) is 11.8 Å². The highest BCUT2D eigenvalue weighted by Gasteiger charge is 2.21. The molecule has 0 bridgehead atoms. The van der Waals surface area contributed by atoms with Gasteiger partial charge in [-0.1, -0.05) is 64.3 Å². The number of nitrogens with one attached hydrogen (secondary N) is 2. The van der Waals surface area contributed by atoms with Crippen molar-refractivity contribution in [3.8, 4) is 5.75 Å². The summed E-state index contributed by atoms with van der Waals surface area (Å²) in [5.74, 6) is 0.200. The van der Waals surface area contributed by atoms with E-state index in [9.17, 15) is 9.59 Å². The molecule has 166 valence electrons. The lowest BCUT2D eigenvalue weighted by molar-refractivity contribution is -0.122. The van der Waals surface area contributed by atoms with Crippen molar-refractivity contribution in [1.82, 2.24) is 5.32 Å². The molecule has 1 atom stereocenters. The Hall–Kier alpha value is -2.82. The maximum absolute atomic E-state index is 12.8. The number of para-hydroxylation sites is 1. The Morgan fingerprint density at radius 1 is 0.968 bits per heavy atom. The molecule has 1 fully saturated rings. The van der Waals surface area contributed by atoms with E-state index < -0.39 is 6.10 Å². The van der Waals surface area contributed by atoms with Gasteiger partial charge in [0.05, 0.1) is 11.3 Å². The van der Waals surface area contributed by atoms with Gasteiger partial charge in [0.15, 0.2) is 6.10 Å². The van der Waals surface area contributed by atoms with E-state index in [1.165, 1.54) is 12.0 Å². The van der Waals surface area contributed by atoms with Crippen LogP contribution in [0.4, 0.5) is 5.69 Å². The van der Waals surface area contributed by atoms with Gasteiger partial charge in [-0.2, -0.15) is 0 Å². The van der Waals surface area contributed by atoms with Crippen molar-refractivity contribution in [2.24, 2.45) is 0 Å². The Bertz CT molecular complexity index is 894.